The average Bonchev–Trinajstić information content (AvgIpc) is 3.22. The van der Waals surface area contributed by atoms with Crippen LogP contribution in [0, 0.1) is 25.9 Å². The molecule has 3 nitrogen and oxygen atoms in total. The zero-order valence-corrected chi connectivity index (χ0v) is 19.6. The quantitative estimate of drug-likeness (QED) is 0.191. The molecule has 0 fully saturated rings. The van der Waals surface area contributed by atoms with E-state index in [0.717, 1.165) is 49.7 Å². The summed E-state index contributed by atoms with van der Waals surface area (Å²) in [4.78, 5) is 8.63. The molecule has 6 rings (SSSR count). The molecule has 0 atom stereocenters. The summed E-state index contributed by atoms with van der Waals surface area (Å²) in [6, 6.07) is 29.2. The molecule has 3 heterocycles. The second-order valence-corrected chi connectivity index (χ2v) is 7.24. The van der Waals surface area contributed by atoms with Crippen LogP contribution < -0.4 is 0 Å². The minimum absolute atomic E-state index is 0. The van der Waals surface area contributed by atoms with Gasteiger partial charge in [0.2, 0.25) is 0 Å². The van der Waals surface area contributed by atoms with Crippen molar-refractivity contribution >= 4 is 32.8 Å². The van der Waals surface area contributed by atoms with E-state index in [1.165, 1.54) is 6.20 Å². The van der Waals surface area contributed by atoms with Crippen LogP contribution in [0.15, 0.2) is 89.6 Å². The first-order chi connectivity index (χ1) is 16.4. The van der Waals surface area contributed by atoms with Gasteiger partial charge >= 0.3 is 0 Å². The summed E-state index contributed by atoms with van der Waals surface area (Å²) in [5, 5.41) is 3.29. The van der Waals surface area contributed by atoms with Crippen molar-refractivity contribution in [2.24, 2.45) is 0 Å². The topological polar surface area (TPSA) is 38.9 Å². The number of hydrogen-bond acceptors (Lipinski definition) is 3. The van der Waals surface area contributed by atoms with Gasteiger partial charge in [0.1, 0.15) is 5.58 Å². The molecule has 32 heavy (non-hydrogen) atoms. The molecule has 0 amide bonds. The molecule has 0 saturated heterocycles. The van der Waals surface area contributed by atoms with E-state index in [-0.39, 0.29) is 25.7 Å². The molecule has 159 valence electrons. The number of aryl methyl sites for hydroxylation is 2. The van der Waals surface area contributed by atoms with Crippen molar-refractivity contribution < 1.29 is 28.6 Å². The van der Waals surface area contributed by atoms with Gasteiger partial charge in [0.25, 0.3) is 0 Å². The monoisotopic (exact) mass is 596 g/mol. The molecule has 0 spiro atoms. The molecule has 3 aromatic carbocycles. The molecule has 3 aromatic heterocycles. The van der Waals surface area contributed by atoms with Crippen LogP contribution in [0.2, 0.25) is 0 Å². The van der Waals surface area contributed by atoms with Crippen molar-refractivity contribution in [1.29, 1.82) is 0 Å². The van der Waals surface area contributed by atoms with Crippen molar-refractivity contribution in [1.82, 2.24) is 9.97 Å². The summed E-state index contributed by atoms with van der Waals surface area (Å²) in [7, 11) is 0. The number of furan rings is 1. The van der Waals surface area contributed by atoms with Gasteiger partial charge in [0, 0.05) is 36.6 Å². The molecule has 4 heteroatoms. The maximum atomic E-state index is 7.23. The van der Waals surface area contributed by atoms with E-state index in [0.29, 0.717) is 0 Å². The Labute approximate surface area is 204 Å². The molecular weight excluding hydrogens is 573 g/mol. The molecule has 1 radical (unpaired) electrons. The van der Waals surface area contributed by atoms with Crippen LogP contribution in [-0.4, -0.2) is 9.97 Å². The Kier molecular flexibility index (Phi) is 5.38. The first-order valence-electron chi connectivity index (χ1n) is 11.4. The minimum atomic E-state index is -2.09. The number of hydrogen-bond donors (Lipinski definition) is 0. The predicted octanol–water partition coefficient (Wildman–Crippen LogP) is 7.10. The van der Waals surface area contributed by atoms with E-state index in [2.05, 4.69) is 34.2 Å². The second-order valence-electron chi connectivity index (χ2n) is 7.24. The number of aromatic nitrogens is 2. The van der Waals surface area contributed by atoms with Gasteiger partial charge < -0.3 is 9.40 Å². The number of pyridine rings is 2. The first kappa shape index (κ1) is 18.3. The van der Waals surface area contributed by atoms with Crippen LogP contribution in [0.1, 0.15) is 15.2 Å². The van der Waals surface area contributed by atoms with E-state index >= 15 is 0 Å². The van der Waals surface area contributed by atoms with E-state index < -0.39 is 6.85 Å². The van der Waals surface area contributed by atoms with Gasteiger partial charge in [0.05, 0.1) is 11.1 Å². The third-order valence-corrected chi connectivity index (χ3v) is 4.99. The van der Waals surface area contributed by atoms with Gasteiger partial charge in [-0.15, -0.1) is 70.9 Å². The molecule has 0 bridgehead atoms. The smallest absolute Gasteiger partial charge is 0.143 e. The number of benzene rings is 3. The number of rotatable bonds is 1. The summed E-state index contributed by atoms with van der Waals surface area (Å²) >= 11 is 0. The maximum Gasteiger partial charge on any atom is 0.143 e. The molecule has 0 aliphatic carbocycles. The molecule has 0 aliphatic rings. The summed E-state index contributed by atoms with van der Waals surface area (Å²) in [6.07, 6.45) is 3.27. The van der Waals surface area contributed by atoms with Crippen LogP contribution in [0.5, 0.6) is 0 Å². The Bertz CT molecular complexity index is 1590. The minimum Gasteiger partial charge on any atom is -0.465 e. The van der Waals surface area contributed by atoms with Crippen LogP contribution in [0.3, 0.4) is 0 Å². The third-order valence-electron chi connectivity index (χ3n) is 4.99. The van der Waals surface area contributed by atoms with E-state index in [9.17, 15) is 0 Å². The first-order valence-corrected chi connectivity index (χ1v) is 9.92. The third kappa shape index (κ3) is 4.33. The summed E-state index contributed by atoms with van der Waals surface area (Å²) in [6.45, 7) is -0.0736. The van der Waals surface area contributed by atoms with Crippen molar-refractivity contribution in [3.63, 3.8) is 0 Å². The summed E-state index contributed by atoms with van der Waals surface area (Å²) in [5.41, 5.74) is 5.59. The summed E-state index contributed by atoms with van der Waals surface area (Å²) in [5.74, 6) is 0. The summed E-state index contributed by atoms with van der Waals surface area (Å²) < 4.78 is 27.6. The Morgan fingerprint density at radius 3 is 2.50 bits per heavy atom. The number of fused-ring (bicyclic) bond motifs is 5. The molecule has 0 N–H and O–H groups in total. The van der Waals surface area contributed by atoms with Gasteiger partial charge in [-0.2, -0.15) is 0 Å². The van der Waals surface area contributed by atoms with Crippen molar-refractivity contribution in [3.8, 4) is 11.3 Å². The Balaban J connectivity index is 0.000000162. The molecular formula is C28H20IrN2O-2. The molecule has 0 saturated carbocycles. The molecule has 0 aliphatic heterocycles. The Hall–Kier alpha value is -3.33. The Morgan fingerprint density at radius 1 is 0.844 bits per heavy atom. The van der Waals surface area contributed by atoms with Crippen LogP contribution >= 0.6 is 0 Å². The SMILES string of the molecule is Cc1cnc2c(c1)oc1ccc3ccc[c-]c3c12.[2H]C([2H])([2H])c1ccc(-c2[c-]cccc2)nc1.[Ir]. The van der Waals surface area contributed by atoms with Crippen LogP contribution in [0.25, 0.3) is 44.1 Å². The van der Waals surface area contributed by atoms with Crippen LogP contribution in [-0.2, 0) is 20.1 Å². The normalized spacial score (nSPS) is 12.3. The van der Waals surface area contributed by atoms with Crippen LogP contribution in [0.4, 0.5) is 0 Å². The molecule has 0 unspecified atom stereocenters. The molecule has 6 aromatic rings. The van der Waals surface area contributed by atoms with Crippen molar-refractivity contribution in [2.75, 3.05) is 0 Å². The predicted molar refractivity (Wildman–Crippen MR) is 126 cm³/mol. The van der Waals surface area contributed by atoms with Gasteiger partial charge in [-0.3, -0.25) is 4.98 Å². The van der Waals surface area contributed by atoms with Gasteiger partial charge in [-0.25, -0.2) is 0 Å². The van der Waals surface area contributed by atoms with E-state index in [1.807, 2.05) is 55.6 Å². The van der Waals surface area contributed by atoms with E-state index in [1.54, 1.807) is 18.2 Å². The van der Waals surface area contributed by atoms with E-state index in [4.69, 9.17) is 8.53 Å². The van der Waals surface area contributed by atoms with Crippen molar-refractivity contribution in [3.05, 3.63) is 108 Å². The zero-order chi connectivity index (χ0) is 23.7. The fourth-order valence-electron chi connectivity index (χ4n) is 3.53. The second kappa shape index (κ2) is 9.44. The largest absolute Gasteiger partial charge is 0.465 e. The average molecular weight is 596 g/mol. The zero-order valence-electron chi connectivity index (χ0n) is 20.2. The van der Waals surface area contributed by atoms with Gasteiger partial charge in [-0.1, -0.05) is 18.2 Å². The Morgan fingerprint density at radius 2 is 1.72 bits per heavy atom. The number of nitrogens with zero attached hydrogens (tertiary/aromatic N) is 2. The maximum absolute atomic E-state index is 7.23. The van der Waals surface area contributed by atoms with Gasteiger partial charge in [0.15, 0.2) is 0 Å². The fraction of sp³-hybridized carbons (Fsp3) is 0.0714. The van der Waals surface area contributed by atoms with Crippen molar-refractivity contribution in [2.45, 2.75) is 13.8 Å². The fourth-order valence-corrected chi connectivity index (χ4v) is 3.53. The standard InChI is InChI=1S/C16H10NO.C12H10N.Ir/c1-10-8-14-16(17-9-10)15-12-5-3-2-4-11(12)6-7-13(15)18-14;1-10-7-8-12(13-9-10)11-5-3-2-4-6-11;/h2-4,6-9H,1H3;2-5,7-9H,1H3;/q2*-1;/i;1D3;. The van der Waals surface area contributed by atoms with Gasteiger partial charge in [-0.05, 0) is 48.1 Å².